The number of rotatable bonds is 5. The lowest BCUT2D eigenvalue weighted by Gasteiger charge is -2.30. The van der Waals surface area contributed by atoms with Crippen molar-refractivity contribution in [1.82, 2.24) is 9.88 Å². The van der Waals surface area contributed by atoms with E-state index in [9.17, 15) is 9.59 Å². The van der Waals surface area contributed by atoms with Crippen LogP contribution in [0.4, 0.5) is 16.2 Å². The van der Waals surface area contributed by atoms with Crippen molar-refractivity contribution >= 4 is 34.7 Å². The highest BCUT2D eigenvalue weighted by Gasteiger charge is 2.46. The minimum absolute atomic E-state index is 0.300. The highest BCUT2D eigenvalue weighted by molar-refractivity contribution is 7.13. The Labute approximate surface area is 195 Å². The van der Waals surface area contributed by atoms with Gasteiger partial charge in [0.25, 0.3) is 5.91 Å². The SMILES string of the molecule is Nc1ccc(-c2cccs2)cc1NC(=O)c1ccc(CN2CC3(CCOCC3)OC2=O)nc1. The van der Waals surface area contributed by atoms with E-state index in [1.807, 2.05) is 29.6 Å². The molecule has 33 heavy (non-hydrogen) atoms. The Morgan fingerprint density at radius 3 is 2.79 bits per heavy atom. The number of nitrogens with zero attached hydrogens (tertiary/aromatic N) is 2. The Morgan fingerprint density at radius 2 is 2.06 bits per heavy atom. The topological polar surface area (TPSA) is 107 Å². The number of aromatic nitrogens is 1. The lowest BCUT2D eigenvalue weighted by molar-refractivity contribution is -0.0437. The number of pyridine rings is 1. The molecule has 0 saturated carbocycles. The molecule has 0 aliphatic carbocycles. The third-order valence-corrected chi connectivity index (χ3v) is 6.91. The molecule has 5 rings (SSSR count). The first-order valence-electron chi connectivity index (χ1n) is 10.8. The number of hydrogen-bond donors (Lipinski definition) is 2. The van der Waals surface area contributed by atoms with Crippen LogP contribution in [0.15, 0.2) is 54.0 Å². The Balaban J connectivity index is 1.24. The van der Waals surface area contributed by atoms with Gasteiger partial charge in [-0.25, -0.2) is 4.79 Å². The van der Waals surface area contributed by atoms with Gasteiger partial charge in [0, 0.05) is 23.9 Å². The molecule has 170 valence electrons. The summed E-state index contributed by atoms with van der Waals surface area (Å²) in [5.74, 6) is -0.300. The molecule has 2 amide bonds. The molecule has 0 bridgehead atoms. The van der Waals surface area contributed by atoms with E-state index in [1.54, 1.807) is 34.4 Å². The fraction of sp³-hybridized carbons (Fsp3) is 0.292. The lowest BCUT2D eigenvalue weighted by atomic mass is 9.94. The number of amides is 2. The van der Waals surface area contributed by atoms with Crippen molar-refractivity contribution in [2.75, 3.05) is 30.8 Å². The van der Waals surface area contributed by atoms with Crippen LogP contribution in [-0.2, 0) is 16.0 Å². The molecule has 0 radical (unpaired) electrons. The minimum Gasteiger partial charge on any atom is -0.441 e. The molecule has 9 heteroatoms. The quantitative estimate of drug-likeness (QED) is 0.550. The number of nitrogens with one attached hydrogen (secondary N) is 1. The van der Waals surface area contributed by atoms with Gasteiger partial charge in [-0.2, -0.15) is 0 Å². The van der Waals surface area contributed by atoms with E-state index in [1.165, 1.54) is 6.20 Å². The highest BCUT2D eigenvalue weighted by Crippen LogP contribution is 2.33. The third kappa shape index (κ3) is 4.55. The molecular weight excluding hydrogens is 440 g/mol. The standard InChI is InChI=1S/C24H24N4O4S/c25-19-6-4-16(21-2-1-11-33-21)12-20(19)27-22(29)17-3-5-18(26-13-17)14-28-15-24(32-23(28)30)7-9-31-10-8-24/h1-6,11-13H,7-10,14-15,25H2,(H,27,29). The van der Waals surface area contributed by atoms with Gasteiger partial charge in [0.2, 0.25) is 0 Å². The van der Waals surface area contributed by atoms with Crippen LogP contribution in [0, 0.1) is 0 Å². The molecule has 8 nitrogen and oxygen atoms in total. The maximum absolute atomic E-state index is 12.8. The van der Waals surface area contributed by atoms with Crippen LogP contribution >= 0.6 is 11.3 Å². The molecule has 3 N–H and O–H groups in total. The number of thiophene rings is 1. The van der Waals surface area contributed by atoms with Crippen molar-refractivity contribution in [2.45, 2.75) is 25.0 Å². The first kappa shape index (κ1) is 21.4. The van der Waals surface area contributed by atoms with Gasteiger partial charge in [-0.1, -0.05) is 12.1 Å². The van der Waals surface area contributed by atoms with Gasteiger partial charge in [0.05, 0.1) is 48.9 Å². The molecule has 3 aromatic rings. The molecule has 1 aromatic carbocycles. The Morgan fingerprint density at radius 1 is 1.21 bits per heavy atom. The molecule has 4 heterocycles. The summed E-state index contributed by atoms with van der Waals surface area (Å²) in [5.41, 5.74) is 8.74. The fourth-order valence-corrected chi connectivity index (χ4v) is 4.85. The Bertz CT molecular complexity index is 1160. The van der Waals surface area contributed by atoms with E-state index in [4.69, 9.17) is 15.2 Å². The maximum atomic E-state index is 12.8. The number of ether oxygens (including phenoxy) is 2. The van der Waals surface area contributed by atoms with Crippen molar-refractivity contribution in [3.63, 3.8) is 0 Å². The van der Waals surface area contributed by atoms with Crippen molar-refractivity contribution in [1.29, 1.82) is 0 Å². The monoisotopic (exact) mass is 464 g/mol. The smallest absolute Gasteiger partial charge is 0.410 e. The Kier molecular flexibility index (Phi) is 5.74. The summed E-state index contributed by atoms with van der Waals surface area (Å²) in [6.45, 7) is 2.06. The second-order valence-corrected chi connectivity index (χ2v) is 9.24. The van der Waals surface area contributed by atoms with Gasteiger partial charge in [0.15, 0.2) is 0 Å². The highest BCUT2D eigenvalue weighted by atomic mass is 32.1. The van der Waals surface area contributed by atoms with Crippen LogP contribution in [0.2, 0.25) is 0 Å². The number of carbonyl (C=O) groups excluding carboxylic acids is 2. The molecule has 2 aliphatic rings. The number of carbonyl (C=O) groups is 2. The van der Waals surface area contributed by atoms with Gasteiger partial charge < -0.3 is 20.5 Å². The fourth-order valence-electron chi connectivity index (χ4n) is 4.12. The zero-order chi connectivity index (χ0) is 22.8. The molecule has 1 spiro atoms. The van der Waals surface area contributed by atoms with Crippen LogP contribution in [-0.4, -0.2) is 47.2 Å². The molecular formula is C24H24N4O4S. The van der Waals surface area contributed by atoms with Gasteiger partial charge in [-0.15, -0.1) is 11.3 Å². The summed E-state index contributed by atoms with van der Waals surface area (Å²) >= 11 is 1.62. The summed E-state index contributed by atoms with van der Waals surface area (Å²) in [6.07, 6.45) is 2.59. The molecule has 0 unspecified atom stereocenters. The molecule has 0 atom stereocenters. The van der Waals surface area contributed by atoms with E-state index in [-0.39, 0.29) is 12.0 Å². The van der Waals surface area contributed by atoms with E-state index in [2.05, 4.69) is 10.3 Å². The summed E-state index contributed by atoms with van der Waals surface area (Å²) in [5, 5.41) is 4.87. The van der Waals surface area contributed by atoms with Gasteiger partial charge in [-0.3, -0.25) is 14.7 Å². The second kappa shape index (κ2) is 8.84. The van der Waals surface area contributed by atoms with E-state index >= 15 is 0 Å². The van der Waals surface area contributed by atoms with Gasteiger partial charge >= 0.3 is 6.09 Å². The normalized spacial score (nSPS) is 17.2. The predicted octanol–water partition coefficient (Wildman–Crippen LogP) is 4.15. The van der Waals surface area contributed by atoms with Crippen LogP contribution in [0.5, 0.6) is 0 Å². The first-order valence-corrected chi connectivity index (χ1v) is 11.6. The van der Waals surface area contributed by atoms with Crippen molar-refractivity contribution < 1.29 is 19.1 Å². The number of anilines is 2. The summed E-state index contributed by atoms with van der Waals surface area (Å²) < 4.78 is 11.0. The molecule has 2 saturated heterocycles. The number of hydrogen-bond acceptors (Lipinski definition) is 7. The third-order valence-electron chi connectivity index (χ3n) is 5.99. The second-order valence-electron chi connectivity index (χ2n) is 8.29. The summed E-state index contributed by atoms with van der Waals surface area (Å²) in [4.78, 5) is 32.3. The summed E-state index contributed by atoms with van der Waals surface area (Å²) in [6, 6.07) is 13.0. The molecule has 2 aromatic heterocycles. The summed E-state index contributed by atoms with van der Waals surface area (Å²) in [7, 11) is 0. The van der Waals surface area contributed by atoms with E-state index in [0.29, 0.717) is 61.8 Å². The zero-order valence-corrected chi connectivity index (χ0v) is 18.8. The van der Waals surface area contributed by atoms with Crippen LogP contribution in [0.25, 0.3) is 10.4 Å². The largest absolute Gasteiger partial charge is 0.441 e. The average Bonchev–Trinajstić information content (AvgIpc) is 3.45. The van der Waals surface area contributed by atoms with Crippen LogP contribution < -0.4 is 11.1 Å². The number of nitrogens with two attached hydrogens (primary N) is 1. The number of nitrogen functional groups attached to an aromatic ring is 1. The van der Waals surface area contributed by atoms with Gasteiger partial charge in [0.1, 0.15) is 5.60 Å². The first-order chi connectivity index (χ1) is 16.0. The van der Waals surface area contributed by atoms with Crippen LogP contribution in [0.3, 0.4) is 0 Å². The zero-order valence-electron chi connectivity index (χ0n) is 18.0. The lowest BCUT2D eigenvalue weighted by Crippen LogP contribution is -2.40. The predicted molar refractivity (Wildman–Crippen MR) is 126 cm³/mol. The van der Waals surface area contributed by atoms with Crippen molar-refractivity contribution in [2.24, 2.45) is 0 Å². The van der Waals surface area contributed by atoms with E-state index < -0.39 is 5.60 Å². The Hall–Kier alpha value is -3.43. The average molecular weight is 465 g/mol. The molecule has 2 aliphatic heterocycles. The van der Waals surface area contributed by atoms with Crippen molar-refractivity contribution in [3.05, 3.63) is 65.3 Å². The van der Waals surface area contributed by atoms with E-state index in [0.717, 1.165) is 10.4 Å². The van der Waals surface area contributed by atoms with Crippen LogP contribution in [0.1, 0.15) is 28.9 Å². The number of benzene rings is 1. The minimum atomic E-state index is -0.452. The van der Waals surface area contributed by atoms with Gasteiger partial charge in [-0.05, 0) is 41.3 Å². The maximum Gasteiger partial charge on any atom is 0.410 e. The molecule has 2 fully saturated rings. The van der Waals surface area contributed by atoms with Crippen molar-refractivity contribution in [3.8, 4) is 10.4 Å².